The van der Waals surface area contributed by atoms with E-state index in [-0.39, 0.29) is 12.5 Å². The van der Waals surface area contributed by atoms with Crippen LogP contribution < -0.4 is 10.1 Å². The van der Waals surface area contributed by atoms with Crippen molar-refractivity contribution in [2.24, 2.45) is 5.92 Å². The van der Waals surface area contributed by atoms with Crippen molar-refractivity contribution in [1.29, 1.82) is 0 Å². The first-order chi connectivity index (χ1) is 10.1. The van der Waals surface area contributed by atoms with Crippen LogP contribution in [0.4, 0.5) is 5.69 Å². The van der Waals surface area contributed by atoms with Crippen LogP contribution in [0.3, 0.4) is 0 Å². The van der Waals surface area contributed by atoms with E-state index >= 15 is 0 Å². The summed E-state index contributed by atoms with van der Waals surface area (Å²) < 4.78 is 11.0. The number of carbonyl (C=O) groups excluding carboxylic acids is 1. The molecule has 1 saturated heterocycles. The Bertz CT molecular complexity index is 476. The van der Waals surface area contributed by atoms with Gasteiger partial charge in [-0.15, -0.1) is 0 Å². The van der Waals surface area contributed by atoms with Crippen LogP contribution in [0.2, 0.25) is 0 Å². The highest BCUT2D eigenvalue weighted by atomic mass is 16.5. The Morgan fingerprint density at radius 3 is 3.00 bits per heavy atom. The average Bonchev–Trinajstić information content (AvgIpc) is 2.47. The summed E-state index contributed by atoms with van der Waals surface area (Å²) in [5.74, 6) is 1.14. The molecule has 1 N–H and O–H groups in total. The quantitative estimate of drug-likeness (QED) is 0.902. The summed E-state index contributed by atoms with van der Waals surface area (Å²) in [6.07, 6.45) is 1.01. The van der Waals surface area contributed by atoms with Gasteiger partial charge >= 0.3 is 0 Å². The third-order valence-electron chi connectivity index (χ3n) is 3.69. The SMILES string of the molecule is CC1COCCC1Nc1cccc(OCC(=O)N(C)C)c1. The molecule has 0 bridgehead atoms. The third-order valence-corrected chi connectivity index (χ3v) is 3.69. The molecule has 1 aliphatic heterocycles. The van der Waals surface area contributed by atoms with E-state index in [9.17, 15) is 4.79 Å². The molecular weight excluding hydrogens is 268 g/mol. The summed E-state index contributed by atoms with van der Waals surface area (Å²) in [6, 6.07) is 8.16. The van der Waals surface area contributed by atoms with Gasteiger partial charge in [-0.2, -0.15) is 0 Å². The maximum Gasteiger partial charge on any atom is 0.259 e. The zero-order chi connectivity index (χ0) is 15.2. The van der Waals surface area contributed by atoms with E-state index in [1.807, 2.05) is 24.3 Å². The van der Waals surface area contributed by atoms with Crippen molar-refractivity contribution in [3.05, 3.63) is 24.3 Å². The highest BCUT2D eigenvalue weighted by Gasteiger charge is 2.21. The molecule has 5 heteroatoms. The molecule has 2 atom stereocenters. The number of amides is 1. The lowest BCUT2D eigenvalue weighted by Crippen LogP contribution is -2.35. The minimum atomic E-state index is -0.0496. The van der Waals surface area contributed by atoms with Crippen LogP contribution in [0, 0.1) is 5.92 Å². The first-order valence-electron chi connectivity index (χ1n) is 7.33. The van der Waals surface area contributed by atoms with Gasteiger partial charge in [0.1, 0.15) is 5.75 Å². The van der Waals surface area contributed by atoms with E-state index in [2.05, 4.69) is 12.2 Å². The third kappa shape index (κ3) is 4.63. The Morgan fingerprint density at radius 1 is 1.48 bits per heavy atom. The largest absolute Gasteiger partial charge is 0.484 e. The summed E-state index contributed by atoms with van der Waals surface area (Å²) >= 11 is 0. The maximum absolute atomic E-state index is 11.5. The number of carbonyl (C=O) groups is 1. The van der Waals surface area contributed by atoms with Crippen molar-refractivity contribution in [2.75, 3.05) is 39.2 Å². The molecule has 0 aromatic heterocycles. The Hall–Kier alpha value is -1.75. The number of nitrogens with one attached hydrogen (secondary N) is 1. The van der Waals surface area contributed by atoms with Crippen molar-refractivity contribution < 1.29 is 14.3 Å². The van der Waals surface area contributed by atoms with Gasteiger partial charge < -0.3 is 19.7 Å². The fourth-order valence-corrected chi connectivity index (χ4v) is 2.26. The molecule has 1 aliphatic rings. The molecule has 5 nitrogen and oxygen atoms in total. The van der Waals surface area contributed by atoms with Gasteiger partial charge in [0.15, 0.2) is 6.61 Å². The van der Waals surface area contributed by atoms with E-state index in [1.165, 1.54) is 4.90 Å². The van der Waals surface area contributed by atoms with Gasteiger partial charge in [-0.1, -0.05) is 13.0 Å². The average molecular weight is 292 g/mol. The lowest BCUT2D eigenvalue weighted by atomic mass is 9.97. The minimum absolute atomic E-state index is 0.0496. The lowest BCUT2D eigenvalue weighted by molar-refractivity contribution is -0.130. The number of nitrogens with zero attached hydrogens (tertiary/aromatic N) is 1. The second kappa shape index (κ2) is 7.31. The first kappa shape index (κ1) is 15.6. The number of hydrogen-bond acceptors (Lipinski definition) is 4. The fraction of sp³-hybridized carbons (Fsp3) is 0.562. The highest BCUT2D eigenvalue weighted by molar-refractivity contribution is 5.77. The van der Waals surface area contributed by atoms with Gasteiger partial charge in [0.25, 0.3) is 5.91 Å². The van der Waals surface area contributed by atoms with E-state index in [0.717, 1.165) is 25.3 Å². The molecule has 0 saturated carbocycles. The van der Waals surface area contributed by atoms with Gasteiger partial charge in [0.05, 0.1) is 6.61 Å². The number of benzene rings is 1. The van der Waals surface area contributed by atoms with Crippen molar-refractivity contribution in [3.63, 3.8) is 0 Å². The van der Waals surface area contributed by atoms with Crippen LogP contribution in [0.25, 0.3) is 0 Å². The van der Waals surface area contributed by atoms with Crippen molar-refractivity contribution in [1.82, 2.24) is 4.90 Å². The standard InChI is InChI=1S/C16H24N2O3/c1-12-10-20-8-7-15(12)17-13-5-4-6-14(9-13)21-11-16(19)18(2)3/h4-6,9,12,15,17H,7-8,10-11H2,1-3H3. The predicted molar refractivity (Wildman–Crippen MR) is 82.6 cm³/mol. The number of rotatable bonds is 5. The van der Waals surface area contributed by atoms with Crippen molar-refractivity contribution in [3.8, 4) is 5.75 Å². The van der Waals surface area contributed by atoms with E-state index < -0.39 is 0 Å². The van der Waals surface area contributed by atoms with Crippen LogP contribution in [-0.4, -0.2) is 50.8 Å². The normalized spacial score (nSPS) is 21.7. The summed E-state index contributed by atoms with van der Waals surface area (Å²) in [7, 11) is 3.44. The Balaban J connectivity index is 1.92. The molecule has 0 aliphatic carbocycles. The molecule has 1 amide bonds. The van der Waals surface area contributed by atoms with E-state index in [0.29, 0.717) is 17.7 Å². The molecule has 1 fully saturated rings. The van der Waals surface area contributed by atoms with Crippen molar-refractivity contribution >= 4 is 11.6 Å². The van der Waals surface area contributed by atoms with Crippen LogP contribution in [0.15, 0.2) is 24.3 Å². The van der Waals surface area contributed by atoms with Crippen LogP contribution in [-0.2, 0) is 9.53 Å². The second-order valence-corrected chi connectivity index (χ2v) is 5.70. The number of likely N-dealkylation sites (N-methyl/N-ethyl adjacent to an activating group) is 1. The maximum atomic E-state index is 11.5. The van der Waals surface area contributed by atoms with Crippen LogP contribution >= 0.6 is 0 Å². The lowest BCUT2D eigenvalue weighted by Gasteiger charge is -2.30. The number of anilines is 1. The Labute approximate surface area is 126 Å². The topological polar surface area (TPSA) is 50.8 Å². The summed E-state index contributed by atoms with van der Waals surface area (Å²) in [5.41, 5.74) is 1.02. The molecule has 2 rings (SSSR count). The zero-order valence-corrected chi connectivity index (χ0v) is 13.0. The van der Waals surface area contributed by atoms with Gasteiger partial charge in [-0.25, -0.2) is 0 Å². The number of ether oxygens (including phenoxy) is 2. The predicted octanol–water partition coefficient (Wildman–Crippen LogP) is 1.99. The first-order valence-corrected chi connectivity index (χ1v) is 7.33. The molecule has 116 valence electrons. The Kier molecular flexibility index (Phi) is 5.44. The second-order valence-electron chi connectivity index (χ2n) is 5.70. The summed E-state index contributed by atoms with van der Waals surface area (Å²) in [4.78, 5) is 13.1. The van der Waals surface area contributed by atoms with E-state index in [1.54, 1.807) is 14.1 Å². The molecule has 2 unspecified atom stereocenters. The monoisotopic (exact) mass is 292 g/mol. The number of hydrogen-bond donors (Lipinski definition) is 1. The van der Waals surface area contributed by atoms with Crippen LogP contribution in [0.5, 0.6) is 5.75 Å². The fourth-order valence-electron chi connectivity index (χ4n) is 2.26. The van der Waals surface area contributed by atoms with Crippen molar-refractivity contribution in [2.45, 2.75) is 19.4 Å². The molecule has 1 aromatic rings. The Morgan fingerprint density at radius 2 is 2.29 bits per heavy atom. The molecule has 0 spiro atoms. The molecule has 1 aromatic carbocycles. The molecular formula is C16H24N2O3. The van der Waals surface area contributed by atoms with Gasteiger partial charge in [0, 0.05) is 38.5 Å². The zero-order valence-electron chi connectivity index (χ0n) is 13.0. The van der Waals surface area contributed by atoms with Gasteiger partial charge in [0.2, 0.25) is 0 Å². The summed E-state index contributed by atoms with van der Waals surface area (Å²) in [5, 5.41) is 3.53. The molecule has 21 heavy (non-hydrogen) atoms. The minimum Gasteiger partial charge on any atom is -0.484 e. The highest BCUT2D eigenvalue weighted by Crippen LogP contribution is 2.22. The van der Waals surface area contributed by atoms with Gasteiger partial charge in [-0.3, -0.25) is 4.79 Å². The van der Waals surface area contributed by atoms with Crippen LogP contribution in [0.1, 0.15) is 13.3 Å². The molecule has 0 radical (unpaired) electrons. The summed E-state index contributed by atoms with van der Waals surface area (Å²) in [6.45, 7) is 3.85. The molecule has 1 heterocycles. The van der Waals surface area contributed by atoms with E-state index in [4.69, 9.17) is 9.47 Å². The van der Waals surface area contributed by atoms with Gasteiger partial charge in [-0.05, 0) is 24.5 Å². The smallest absolute Gasteiger partial charge is 0.259 e.